The van der Waals surface area contributed by atoms with Crippen molar-refractivity contribution in [3.63, 3.8) is 0 Å². The van der Waals surface area contributed by atoms with Crippen LogP contribution in [0.15, 0.2) is 72.3 Å². The van der Waals surface area contributed by atoms with E-state index in [9.17, 15) is 14.4 Å². The van der Waals surface area contributed by atoms with Crippen LogP contribution in [0, 0.1) is 18.8 Å². The highest BCUT2D eigenvalue weighted by molar-refractivity contribution is 5.98. The van der Waals surface area contributed by atoms with Crippen molar-refractivity contribution in [3.8, 4) is 0 Å². The van der Waals surface area contributed by atoms with Gasteiger partial charge in [0.25, 0.3) is 5.91 Å². The zero-order chi connectivity index (χ0) is 29.6. The van der Waals surface area contributed by atoms with Gasteiger partial charge in [-0.05, 0) is 74.3 Å². The first-order chi connectivity index (χ1) is 19.6. The van der Waals surface area contributed by atoms with Crippen LogP contribution in [0.25, 0.3) is 0 Å². The van der Waals surface area contributed by atoms with Crippen LogP contribution in [-0.4, -0.2) is 41.9 Å². The number of hydrogen-bond donors (Lipinski definition) is 1. The maximum Gasteiger partial charge on any atom is 0.306 e. The van der Waals surface area contributed by atoms with Gasteiger partial charge >= 0.3 is 5.97 Å². The molecule has 1 heterocycles. The predicted octanol–water partition coefficient (Wildman–Crippen LogP) is 7.00. The van der Waals surface area contributed by atoms with E-state index in [0.717, 1.165) is 35.2 Å². The fourth-order valence-corrected chi connectivity index (χ4v) is 5.94. The van der Waals surface area contributed by atoms with Gasteiger partial charge in [-0.3, -0.25) is 14.4 Å². The molecule has 218 valence electrons. The van der Waals surface area contributed by atoms with Crippen LogP contribution in [0.2, 0.25) is 0 Å². The average Bonchev–Trinajstić information content (AvgIpc) is 2.96. The van der Waals surface area contributed by atoms with Gasteiger partial charge in [-0.2, -0.15) is 0 Å². The summed E-state index contributed by atoms with van der Waals surface area (Å²) in [6.07, 6.45) is 9.50. The summed E-state index contributed by atoms with van der Waals surface area (Å²) in [5.74, 6) is -0.622. The minimum atomic E-state index is -0.348. The van der Waals surface area contributed by atoms with Crippen LogP contribution in [0.4, 0.5) is 5.69 Å². The number of aryl methyl sites for hydroxylation is 1. The molecule has 1 unspecified atom stereocenters. The molecule has 1 saturated heterocycles. The normalized spacial score (nSPS) is 20.8. The largest absolute Gasteiger partial charge is 0.466 e. The van der Waals surface area contributed by atoms with Gasteiger partial charge in [-0.1, -0.05) is 74.9 Å². The molecular weight excluding hydrogens is 512 g/mol. The van der Waals surface area contributed by atoms with Gasteiger partial charge in [0.15, 0.2) is 0 Å². The van der Waals surface area contributed by atoms with Crippen molar-refractivity contribution in [2.24, 2.45) is 11.8 Å². The summed E-state index contributed by atoms with van der Waals surface area (Å²) >= 11 is 0. The van der Waals surface area contributed by atoms with Crippen molar-refractivity contribution >= 4 is 23.5 Å². The molecule has 0 aromatic heterocycles. The first-order valence-electron chi connectivity index (χ1n) is 14.9. The molecule has 2 aromatic carbocycles. The Kier molecular flexibility index (Phi) is 9.85. The fraction of sp³-hybridized carbons (Fsp3) is 0.457. The van der Waals surface area contributed by atoms with Gasteiger partial charge in [0.2, 0.25) is 5.91 Å². The summed E-state index contributed by atoms with van der Waals surface area (Å²) in [6, 6.07) is 15.4. The van der Waals surface area contributed by atoms with E-state index in [1.165, 1.54) is 0 Å². The number of hydrogen-bond acceptors (Lipinski definition) is 4. The highest BCUT2D eigenvalue weighted by Gasteiger charge is 2.42. The van der Waals surface area contributed by atoms with Gasteiger partial charge in [-0.25, -0.2) is 0 Å². The number of carbonyl (C=O) groups is 3. The van der Waals surface area contributed by atoms with Crippen molar-refractivity contribution < 1.29 is 19.1 Å². The molecule has 3 atom stereocenters. The van der Waals surface area contributed by atoms with E-state index >= 15 is 0 Å². The summed E-state index contributed by atoms with van der Waals surface area (Å²) < 4.78 is 5.08. The number of piperidine rings is 1. The highest BCUT2D eigenvalue weighted by atomic mass is 16.5. The van der Waals surface area contributed by atoms with Crippen LogP contribution < -0.4 is 5.32 Å². The number of carbonyl (C=O) groups excluding carboxylic acids is 3. The minimum Gasteiger partial charge on any atom is -0.466 e. The lowest BCUT2D eigenvalue weighted by Gasteiger charge is -2.44. The number of anilines is 1. The molecule has 0 saturated carbocycles. The van der Waals surface area contributed by atoms with Crippen LogP contribution in [-0.2, 0) is 19.7 Å². The number of benzene rings is 2. The van der Waals surface area contributed by atoms with Gasteiger partial charge in [0.1, 0.15) is 0 Å². The Morgan fingerprint density at radius 3 is 2.54 bits per heavy atom. The Bertz CT molecular complexity index is 1320. The molecule has 2 amide bonds. The van der Waals surface area contributed by atoms with E-state index in [1.807, 2.05) is 61.2 Å². The number of allylic oxidation sites excluding steroid dienone is 3. The lowest BCUT2D eigenvalue weighted by Crippen LogP contribution is -2.55. The number of ether oxygens (including phenoxy) is 1. The first kappa shape index (κ1) is 30.3. The van der Waals surface area contributed by atoms with E-state index < -0.39 is 0 Å². The first-order valence-corrected chi connectivity index (χ1v) is 14.9. The molecule has 0 radical (unpaired) electrons. The molecule has 1 aliphatic carbocycles. The summed E-state index contributed by atoms with van der Waals surface area (Å²) in [4.78, 5) is 41.7. The molecule has 1 N–H and O–H groups in total. The van der Waals surface area contributed by atoms with Crippen molar-refractivity contribution in [2.75, 3.05) is 18.5 Å². The lowest BCUT2D eigenvalue weighted by molar-refractivity contribution is -0.143. The van der Waals surface area contributed by atoms with Crippen molar-refractivity contribution in [1.82, 2.24) is 4.90 Å². The summed E-state index contributed by atoms with van der Waals surface area (Å²) in [7, 11) is 0. The molecule has 0 bridgehead atoms. The predicted molar refractivity (Wildman–Crippen MR) is 164 cm³/mol. The standard InChI is InChI=1S/C35H44N2O4/c1-6-41-31(38)21-18-25-16-19-26(20-17-25)32-30(33(39)36-28-13-9-12-27(23-28)35(3,4)5)15-10-22-37(32)34(40)29-14-8-7-11-24(29)2/h7-9,11-14,16-17,19,23,26,30,32H,6,10,15,18,20-22H2,1-5H3,(H,36,39)/t26?,30-,32-/m0/s1. The second-order valence-electron chi connectivity index (χ2n) is 12.2. The van der Waals surface area contributed by atoms with E-state index in [1.54, 1.807) is 0 Å². The number of esters is 1. The molecule has 2 aliphatic rings. The van der Waals surface area contributed by atoms with Crippen LogP contribution >= 0.6 is 0 Å². The van der Waals surface area contributed by atoms with E-state index in [-0.39, 0.29) is 41.1 Å². The molecule has 4 rings (SSSR count). The smallest absolute Gasteiger partial charge is 0.306 e. The maximum atomic E-state index is 14.0. The Morgan fingerprint density at radius 2 is 1.85 bits per heavy atom. The van der Waals surface area contributed by atoms with E-state index in [2.05, 4.69) is 50.4 Å². The van der Waals surface area contributed by atoms with E-state index in [0.29, 0.717) is 38.0 Å². The molecule has 6 heteroatoms. The zero-order valence-electron chi connectivity index (χ0n) is 25.1. The van der Waals surface area contributed by atoms with Gasteiger partial charge in [0.05, 0.1) is 18.6 Å². The Labute approximate surface area is 244 Å². The Hall–Kier alpha value is -3.67. The third kappa shape index (κ3) is 7.55. The molecular formula is C35H44N2O4. The summed E-state index contributed by atoms with van der Waals surface area (Å²) in [6.45, 7) is 11.2. The topological polar surface area (TPSA) is 75.7 Å². The number of rotatable bonds is 8. The van der Waals surface area contributed by atoms with Crippen LogP contribution in [0.1, 0.15) is 81.3 Å². The zero-order valence-corrected chi connectivity index (χ0v) is 25.1. The SMILES string of the molecule is CCOC(=O)CCC1=CCC([C@H]2[C@@H](C(=O)Nc3cccc(C(C)(C)C)c3)CCCN2C(=O)c2ccccc2C)C=C1. The fourth-order valence-electron chi connectivity index (χ4n) is 5.94. The van der Waals surface area contributed by atoms with Gasteiger partial charge in [-0.15, -0.1) is 0 Å². The highest BCUT2D eigenvalue weighted by Crippen LogP contribution is 2.36. The third-order valence-corrected chi connectivity index (χ3v) is 8.23. The number of amides is 2. The molecule has 2 aromatic rings. The molecule has 6 nitrogen and oxygen atoms in total. The molecule has 1 aliphatic heterocycles. The maximum absolute atomic E-state index is 14.0. The summed E-state index contributed by atoms with van der Waals surface area (Å²) in [5.41, 5.74) is 4.60. The Balaban J connectivity index is 1.59. The lowest BCUT2D eigenvalue weighted by atomic mass is 9.76. The van der Waals surface area contributed by atoms with Crippen molar-refractivity contribution in [2.45, 2.75) is 78.2 Å². The van der Waals surface area contributed by atoms with Crippen molar-refractivity contribution in [1.29, 1.82) is 0 Å². The van der Waals surface area contributed by atoms with E-state index in [4.69, 9.17) is 4.74 Å². The second-order valence-corrected chi connectivity index (χ2v) is 12.2. The monoisotopic (exact) mass is 556 g/mol. The number of nitrogens with zero attached hydrogens (tertiary/aromatic N) is 1. The molecule has 1 fully saturated rings. The molecule has 41 heavy (non-hydrogen) atoms. The second kappa shape index (κ2) is 13.3. The van der Waals surface area contributed by atoms with Crippen molar-refractivity contribution in [3.05, 3.63) is 89.0 Å². The van der Waals surface area contributed by atoms with Crippen LogP contribution in [0.3, 0.4) is 0 Å². The van der Waals surface area contributed by atoms with Crippen LogP contribution in [0.5, 0.6) is 0 Å². The Morgan fingerprint density at radius 1 is 1.07 bits per heavy atom. The third-order valence-electron chi connectivity index (χ3n) is 8.23. The number of likely N-dealkylation sites (tertiary alicyclic amines) is 1. The van der Waals surface area contributed by atoms with Gasteiger partial charge in [0, 0.05) is 30.1 Å². The summed E-state index contributed by atoms with van der Waals surface area (Å²) in [5, 5.41) is 3.19. The van der Waals surface area contributed by atoms with Gasteiger partial charge < -0.3 is 15.0 Å². The average molecular weight is 557 g/mol. The number of nitrogens with one attached hydrogen (secondary N) is 1. The quantitative estimate of drug-likeness (QED) is 0.355. The molecule has 0 spiro atoms. The minimum absolute atomic E-state index is 0.00808.